The highest BCUT2D eigenvalue weighted by Crippen LogP contribution is 2.27. The number of nitrogens with zero attached hydrogens (tertiary/aromatic N) is 2. The molecule has 3 amide bonds. The van der Waals surface area contributed by atoms with Gasteiger partial charge in [0.05, 0.1) is 17.2 Å². The Kier molecular flexibility index (Phi) is 4.66. The van der Waals surface area contributed by atoms with Crippen molar-refractivity contribution < 1.29 is 14.4 Å². The van der Waals surface area contributed by atoms with Gasteiger partial charge in [-0.25, -0.2) is 4.90 Å². The third kappa shape index (κ3) is 3.18. The Bertz CT molecular complexity index is 814. The number of nitriles is 1. The topological polar surface area (TPSA) is 90.3 Å². The summed E-state index contributed by atoms with van der Waals surface area (Å²) in [4.78, 5) is 38.3. The van der Waals surface area contributed by atoms with E-state index in [2.05, 4.69) is 5.32 Å². The van der Waals surface area contributed by atoms with Crippen molar-refractivity contribution in [2.24, 2.45) is 0 Å². The van der Waals surface area contributed by atoms with Crippen LogP contribution in [0.3, 0.4) is 0 Å². The molecule has 0 unspecified atom stereocenters. The van der Waals surface area contributed by atoms with Crippen LogP contribution in [-0.2, 0) is 0 Å². The lowest BCUT2D eigenvalue weighted by Gasteiger charge is -2.22. The Morgan fingerprint density at radius 2 is 1.88 bits per heavy atom. The predicted molar refractivity (Wildman–Crippen MR) is 90.7 cm³/mol. The average Bonchev–Trinajstić information content (AvgIpc) is 2.86. The number of amides is 3. The van der Waals surface area contributed by atoms with Gasteiger partial charge in [-0.15, -0.1) is 0 Å². The molecule has 25 heavy (non-hydrogen) atoms. The minimum Gasteiger partial charge on any atom is -0.349 e. The van der Waals surface area contributed by atoms with Gasteiger partial charge in [-0.1, -0.05) is 19.3 Å². The largest absolute Gasteiger partial charge is 0.349 e. The fourth-order valence-electron chi connectivity index (χ4n) is 3.38. The van der Waals surface area contributed by atoms with E-state index in [0.29, 0.717) is 5.56 Å². The summed E-state index contributed by atoms with van der Waals surface area (Å²) in [5, 5.41) is 11.7. The fourth-order valence-corrected chi connectivity index (χ4v) is 3.38. The summed E-state index contributed by atoms with van der Waals surface area (Å²) in [5.74, 6) is -1.20. The molecule has 1 saturated carbocycles. The molecular weight excluding hydrogens is 318 g/mol. The first-order chi connectivity index (χ1) is 12.0. The smallest absolute Gasteiger partial charge is 0.265 e. The highest BCUT2D eigenvalue weighted by molar-refractivity contribution is 6.23. The van der Waals surface area contributed by atoms with Gasteiger partial charge in [0, 0.05) is 23.4 Å². The standard InChI is InChI=1S/C19H19N3O3/c1-12(9-10-20)22-18(24)15-8-7-13(11-16(15)19(22)25)17(23)21-14-5-3-2-4-6-14/h7-9,11,14H,2-6H2,1H3,(H,21,23)/b12-9+. The number of allylic oxidation sites excluding steroid dienone is 2. The number of benzene rings is 1. The van der Waals surface area contributed by atoms with Crippen LogP contribution in [0.5, 0.6) is 0 Å². The molecule has 6 nitrogen and oxygen atoms in total. The Hall–Kier alpha value is -2.94. The van der Waals surface area contributed by atoms with E-state index in [1.165, 1.54) is 25.5 Å². The average molecular weight is 337 g/mol. The summed E-state index contributed by atoms with van der Waals surface area (Å²) >= 11 is 0. The van der Waals surface area contributed by atoms with Gasteiger partial charge in [-0.3, -0.25) is 14.4 Å². The molecule has 0 radical (unpaired) electrons. The Balaban J connectivity index is 1.83. The summed E-state index contributed by atoms with van der Waals surface area (Å²) in [6.45, 7) is 1.53. The van der Waals surface area contributed by atoms with Crippen molar-refractivity contribution >= 4 is 17.7 Å². The zero-order valence-corrected chi connectivity index (χ0v) is 14.0. The van der Waals surface area contributed by atoms with Gasteiger partial charge >= 0.3 is 0 Å². The van der Waals surface area contributed by atoms with Crippen LogP contribution in [-0.4, -0.2) is 28.7 Å². The summed E-state index contributed by atoms with van der Waals surface area (Å²) in [6, 6.07) is 6.52. The van der Waals surface area contributed by atoms with Gasteiger partial charge in [0.1, 0.15) is 0 Å². The molecule has 0 bridgehead atoms. The number of hydrogen-bond acceptors (Lipinski definition) is 4. The van der Waals surface area contributed by atoms with Crippen LogP contribution < -0.4 is 5.32 Å². The molecule has 1 aliphatic carbocycles. The zero-order valence-electron chi connectivity index (χ0n) is 14.0. The van der Waals surface area contributed by atoms with Gasteiger partial charge in [0.2, 0.25) is 0 Å². The summed E-state index contributed by atoms with van der Waals surface area (Å²) in [7, 11) is 0. The van der Waals surface area contributed by atoms with E-state index >= 15 is 0 Å². The molecule has 0 saturated heterocycles. The number of carbonyl (C=O) groups excluding carboxylic acids is 3. The third-order valence-electron chi connectivity index (χ3n) is 4.72. The van der Waals surface area contributed by atoms with Gasteiger partial charge in [-0.05, 0) is 38.0 Å². The van der Waals surface area contributed by atoms with Crippen molar-refractivity contribution in [2.45, 2.75) is 45.1 Å². The number of carbonyl (C=O) groups is 3. The molecule has 128 valence electrons. The maximum absolute atomic E-state index is 12.5. The molecule has 1 aliphatic heterocycles. The maximum Gasteiger partial charge on any atom is 0.265 e. The molecule has 1 aromatic rings. The van der Waals surface area contributed by atoms with Crippen LogP contribution in [0.15, 0.2) is 30.0 Å². The molecular formula is C19H19N3O3. The minimum atomic E-state index is -0.503. The lowest BCUT2D eigenvalue weighted by molar-refractivity contribution is 0.0704. The first-order valence-electron chi connectivity index (χ1n) is 8.43. The Morgan fingerprint density at radius 1 is 1.20 bits per heavy atom. The van der Waals surface area contributed by atoms with Crippen molar-refractivity contribution in [3.63, 3.8) is 0 Å². The Labute approximate surface area is 146 Å². The van der Waals surface area contributed by atoms with Crippen LogP contribution in [0, 0.1) is 11.3 Å². The van der Waals surface area contributed by atoms with Gasteiger partial charge < -0.3 is 5.32 Å². The molecule has 0 atom stereocenters. The lowest BCUT2D eigenvalue weighted by Crippen LogP contribution is -2.36. The molecule has 1 heterocycles. The first kappa shape index (κ1) is 16.9. The normalized spacial score (nSPS) is 18.1. The molecule has 1 fully saturated rings. The quantitative estimate of drug-likeness (QED) is 0.678. The minimum absolute atomic E-state index is 0.171. The van der Waals surface area contributed by atoms with Crippen LogP contribution in [0.25, 0.3) is 0 Å². The van der Waals surface area contributed by atoms with Crippen LogP contribution in [0.2, 0.25) is 0 Å². The lowest BCUT2D eigenvalue weighted by atomic mass is 9.95. The van der Waals surface area contributed by atoms with Crippen molar-refractivity contribution in [2.75, 3.05) is 0 Å². The fraction of sp³-hybridized carbons (Fsp3) is 0.368. The van der Waals surface area contributed by atoms with E-state index in [9.17, 15) is 14.4 Å². The van der Waals surface area contributed by atoms with E-state index in [-0.39, 0.29) is 28.8 Å². The van der Waals surface area contributed by atoms with Gasteiger partial charge in [-0.2, -0.15) is 5.26 Å². The molecule has 2 aliphatic rings. The van der Waals surface area contributed by atoms with E-state index in [1.54, 1.807) is 6.07 Å². The molecule has 1 N–H and O–H groups in total. The monoisotopic (exact) mass is 337 g/mol. The highest BCUT2D eigenvalue weighted by atomic mass is 16.2. The van der Waals surface area contributed by atoms with Crippen LogP contribution in [0.1, 0.15) is 70.1 Å². The number of rotatable bonds is 3. The van der Waals surface area contributed by atoms with E-state index in [1.807, 2.05) is 6.07 Å². The molecule has 0 aromatic heterocycles. The van der Waals surface area contributed by atoms with Crippen LogP contribution >= 0.6 is 0 Å². The molecule has 3 rings (SSSR count). The maximum atomic E-state index is 12.5. The van der Waals surface area contributed by atoms with Crippen LogP contribution in [0.4, 0.5) is 0 Å². The second kappa shape index (κ2) is 6.89. The molecule has 0 spiro atoms. The van der Waals surface area contributed by atoms with E-state index in [0.717, 1.165) is 36.7 Å². The Morgan fingerprint density at radius 3 is 2.56 bits per heavy atom. The van der Waals surface area contributed by atoms with Crippen molar-refractivity contribution in [1.29, 1.82) is 5.26 Å². The van der Waals surface area contributed by atoms with E-state index in [4.69, 9.17) is 5.26 Å². The van der Waals surface area contributed by atoms with Crippen molar-refractivity contribution in [3.05, 3.63) is 46.7 Å². The van der Waals surface area contributed by atoms with Crippen molar-refractivity contribution in [3.8, 4) is 6.07 Å². The zero-order chi connectivity index (χ0) is 18.0. The predicted octanol–water partition coefficient (Wildman–Crippen LogP) is 2.77. The first-order valence-corrected chi connectivity index (χ1v) is 8.43. The van der Waals surface area contributed by atoms with Gasteiger partial charge in [0.15, 0.2) is 0 Å². The van der Waals surface area contributed by atoms with Crippen molar-refractivity contribution in [1.82, 2.24) is 10.2 Å². The SMILES string of the molecule is C/C(=C\C#N)N1C(=O)c2ccc(C(=O)NC3CCCCC3)cc2C1=O. The number of fused-ring (bicyclic) bond motifs is 1. The second-order valence-corrected chi connectivity index (χ2v) is 6.43. The molecule has 6 heteroatoms. The summed E-state index contributed by atoms with van der Waals surface area (Å²) in [5.41, 5.74) is 1.09. The van der Waals surface area contributed by atoms with Gasteiger partial charge in [0.25, 0.3) is 17.7 Å². The molecule has 1 aromatic carbocycles. The second-order valence-electron chi connectivity index (χ2n) is 6.43. The van der Waals surface area contributed by atoms with E-state index < -0.39 is 11.8 Å². The number of nitrogens with one attached hydrogen (secondary N) is 1. The summed E-state index contributed by atoms with van der Waals surface area (Å²) < 4.78 is 0. The number of hydrogen-bond donors (Lipinski definition) is 1. The summed E-state index contributed by atoms with van der Waals surface area (Å²) in [6.07, 6.45) is 6.52. The third-order valence-corrected chi connectivity index (χ3v) is 4.72. The highest BCUT2D eigenvalue weighted by Gasteiger charge is 2.37. The number of imide groups is 1.